The van der Waals surface area contributed by atoms with Gasteiger partial charge in [0.25, 0.3) is 5.91 Å². The number of nitrogens with one attached hydrogen (secondary N) is 1. The molecule has 2 aromatic rings. The summed E-state index contributed by atoms with van der Waals surface area (Å²) in [5.74, 6) is 0.316. The van der Waals surface area contributed by atoms with Crippen LogP contribution < -0.4 is 15.8 Å². The number of amides is 1. The minimum atomic E-state index is -0.369. The number of rotatable bonds is 5. The smallest absolute Gasteiger partial charge is 0.273 e. The van der Waals surface area contributed by atoms with Crippen molar-refractivity contribution in [1.29, 1.82) is 0 Å². The van der Waals surface area contributed by atoms with Crippen molar-refractivity contribution in [2.45, 2.75) is 38.3 Å². The maximum absolute atomic E-state index is 12.1. The van der Waals surface area contributed by atoms with Gasteiger partial charge >= 0.3 is 0 Å². The third-order valence-corrected chi connectivity index (χ3v) is 3.81. The Hall–Kier alpha value is -2.70. The number of carbonyl (C=O) groups is 1. The van der Waals surface area contributed by atoms with Crippen LogP contribution in [-0.4, -0.2) is 27.0 Å². The van der Waals surface area contributed by atoms with Crippen LogP contribution >= 0.6 is 0 Å². The third-order valence-electron chi connectivity index (χ3n) is 3.81. The first-order valence-electron chi connectivity index (χ1n) is 7.69. The van der Waals surface area contributed by atoms with Gasteiger partial charge in [-0.3, -0.25) is 4.79 Å². The molecule has 0 radical (unpaired) electrons. The highest BCUT2D eigenvalue weighted by molar-refractivity contribution is 5.96. The van der Waals surface area contributed by atoms with E-state index in [4.69, 9.17) is 10.5 Å². The van der Waals surface area contributed by atoms with Gasteiger partial charge in [0.1, 0.15) is 6.10 Å². The fourth-order valence-electron chi connectivity index (χ4n) is 2.61. The molecular formula is C16H19N5O2. The van der Waals surface area contributed by atoms with Crippen molar-refractivity contribution >= 4 is 11.7 Å². The molecular weight excluding hydrogens is 294 g/mol. The van der Waals surface area contributed by atoms with Gasteiger partial charge in [-0.1, -0.05) is 6.07 Å². The zero-order chi connectivity index (χ0) is 16.1. The van der Waals surface area contributed by atoms with Gasteiger partial charge in [-0.15, -0.1) is 0 Å². The predicted octanol–water partition coefficient (Wildman–Crippen LogP) is 1.71. The molecule has 0 unspecified atom stereocenters. The minimum Gasteiger partial charge on any atom is -0.474 e. The lowest BCUT2D eigenvalue weighted by molar-refractivity contribution is 0.0946. The minimum absolute atomic E-state index is 0.110. The van der Waals surface area contributed by atoms with Crippen molar-refractivity contribution < 1.29 is 9.53 Å². The molecule has 3 N–H and O–H groups in total. The molecule has 0 aliphatic heterocycles. The number of hydrogen-bond donors (Lipinski definition) is 2. The number of nitrogens with two attached hydrogens (primary N) is 1. The average molecular weight is 313 g/mol. The van der Waals surface area contributed by atoms with E-state index in [1.165, 1.54) is 25.2 Å². The number of nitrogen functional groups attached to an aromatic ring is 1. The van der Waals surface area contributed by atoms with Crippen molar-refractivity contribution in [3.8, 4) is 5.88 Å². The SMILES string of the molecule is Nc1nccnc1C(=O)NCc1cccnc1OC1CCCC1. The van der Waals surface area contributed by atoms with E-state index in [9.17, 15) is 4.79 Å². The highest BCUT2D eigenvalue weighted by Gasteiger charge is 2.19. The van der Waals surface area contributed by atoms with E-state index >= 15 is 0 Å². The third kappa shape index (κ3) is 3.74. The zero-order valence-corrected chi connectivity index (χ0v) is 12.7. The van der Waals surface area contributed by atoms with Gasteiger partial charge in [0.2, 0.25) is 5.88 Å². The van der Waals surface area contributed by atoms with E-state index in [1.54, 1.807) is 6.20 Å². The van der Waals surface area contributed by atoms with Gasteiger partial charge in [-0.25, -0.2) is 15.0 Å². The number of carbonyl (C=O) groups excluding carboxylic acids is 1. The van der Waals surface area contributed by atoms with Crippen LogP contribution in [0.1, 0.15) is 41.7 Å². The molecule has 7 heteroatoms. The summed E-state index contributed by atoms with van der Waals surface area (Å²) in [5, 5.41) is 2.78. The van der Waals surface area contributed by atoms with Crippen LogP contribution in [0.2, 0.25) is 0 Å². The Kier molecular flexibility index (Phi) is 4.65. The van der Waals surface area contributed by atoms with E-state index < -0.39 is 0 Å². The molecule has 1 aliphatic carbocycles. The predicted molar refractivity (Wildman–Crippen MR) is 84.7 cm³/mol. The van der Waals surface area contributed by atoms with Gasteiger partial charge in [-0.05, 0) is 31.7 Å². The number of anilines is 1. The Morgan fingerprint density at radius 2 is 2.00 bits per heavy atom. The van der Waals surface area contributed by atoms with Crippen molar-refractivity contribution in [3.63, 3.8) is 0 Å². The quantitative estimate of drug-likeness (QED) is 0.871. The van der Waals surface area contributed by atoms with E-state index in [2.05, 4.69) is 20.3 Å². The summed E-state index contributed by atoms with van der Waals surface area (Å²) in [5.41, 5.74) is 6.61. The van der Waals surface area contributed by atoms with Gasteiger partial charge < -0.3 is 15.8 Å². The molecule has 0 aromatic carbocycles. The number of nitrogens with zero attached hydrogens (tertiary/aromatic N) is 3. The summed E-state index contributed by atoms with van der Waals surface area (Å²) in [6.45, 7) is 0.296. The largest absolute Gasteiger partial charge is 0.474 e. The molecule has 0 bridgehead atoms. The molecule has 120 valence electrons. The van der Waals surface area contributed by atoms with Crippen LogP contribution in [0.3, 0.4) is 0 Å². The molecule has 0 atom stereocenters. The Morgan fingerprint density at radius 3 is 2.78 bits per heavy atom. The van der Waals surface area contributed by atoms with Crippen molar-refractivity contribution in [1.82, 2.24) is 20.3 Å². The van der Waals surface area contributed by atoms with Gasteiger partial charge in [0, 0.05) is 30.7 Å². The van der Waals surface area contributed by atoms with E-state index in [0.717, 1.165) is 18.4 Å². The Morgan fingerprint density at radius 1 is 1.22 bits per heavy atom. The Labute approximate surface area is 134 Å². The number of ether oxygens (including phenoxy) is 1. The molecule has 2 aromatic heterocycles. The zero-order valence-electron chi connectivity index (χ0n) is 12.7. The molecule has 1 aliphatic rings. The summed E-state index contributed by atoms with van der Waals surface area (Å²) in [4.78, 5) is 24.2. The topological polar surface area (TPSA) is 103 Å². The molecule has 1 saturated carbocycles. The summed E-state index contributed by atoms with van der Waals surface area (Å²) >= 11 is 0. The molecule has 1 fully saturated rings. The van der Waals surface area contributed by atoms with Gasteiger partial charge in [0.05, 0.1) is 0 Å². The molecule has 0 saturated heterocycles. The Balaban J connectivity index is 1.66. The van der Waals surface area contributed by atoms with Gasteiger partial charge in [0.15, 0.2) is 11.5 Å². The standard InChI is InChI=1S/C16H19N5O2/c17-14-13(18-8-9-19-14)15(22)21-10-11-4-3-7-20-16(11)23-12-5-1-2-6-12/h3-4,7-9,12H,1-2,5-6,10H2,(H2,17,19)(H,21,22). The van der Waals surface area contributed by atoms with Crippen LogP contribution in [0.25, 0.3) is 0 Å². The summed E-state index contributed by atoms with van der Waals surface area (Å²) in [6, 6.07) is 3.71. The fourth-order valence-corrected chi connectivity index (χ4v) is 2.61. The molecule has 1 amide bonds. The maximum Gasteiger partial charge on any atom is 0.273 e. The van der Waals surface area contributed by atoms with E-state index in [1.807, 2.05) is 12.1 Å². The van der Waals surface area contributed by atoms with Gasteiger partial charge in [-0.2, -0.15) is 0 Å². The van der Waals surface area contributed by atoms with Crippen LogP contribution in [-0.2, 0) is 6.54 Å². The van der Waals surface area contributed by atoms with E-state index in [-0.39, 0.29) is 23.5 Å². The number of aromatic nitrogens is 3. The molecule has 0 spiro atoms. The first-order chi connectivity index (χ1) is 11.2. The first kappa shape index (κ1) is 15.2. The number of pyridine rings is 1. The van der Waals surface area contributed by atoms with Crippen molar-refractivity contribution in [2.75, 3.05) is 5.73 Å². The first-order valence-corrected chi connectivity index (χ1v) is 7.69. The average Bonchev–Trinajstić information content (AvgIpc) is 3.07. The van der Waals surface area contributed by atoms with Crippen LogP contribution in [0.15, 0.2) is 30.7 Å². The highest BCUT2D eigenvalue weighted by Crippen LogP contribution is 2.24. The fraction of sp³-hybridized carbons (Fsp3) is 0.375. The lowest BCUT2D eigenvalue weighted by Crippen LogP contribution is -2.26. The highest BCUT2D eigenvalue weighted by atomic mass is 16.5. The van der Waals surface area contributed by atoms with E-state index in [0.29, 0.717) is 12.4 Å². The Bertz CT molecular complexity index is 686. The van der Waals surface area contributed by atoms with Crippen molar-refractivity contribution in [3.05, 3.63) is 42.0 Å². The van der Waals surface area contributed by atoms with Crippen molar-refractivity contribution in [2.24, 2.45) is 0 Å². The molecule has 23 heavy (non-hydrogen) atoms. The molecule has 7 nitrogen and oxygen atoms in total. The summed E-state index contributed by atoms with van der Waals surface area (Å²) in [7, 11) is 0. The van der Waals surface area contributed by atoms with Crippen LogP contribution in [0.4, 0.5) is 5.82 Å². The van der Waals surface area contributed by atoms with Crippen LogP contribution in [0.5, 0.6) is 5.88 Å². The monoisotopic (exact) mass is 313 g/mol. The second-order valence-corrected chi connectivity index (χ2v) is 5.46. The summed E-state index contributed by atoms with van der Waals surface area (Å²) in [6.07, 6.45) is 9.28. The maximum atomic E-state index is 12.1. The second kappa shape index (κ2) is 7.04. The normalized spacial score (nSPS) is 14.6. The molecule has 2 heterocycles. The van der Waals surface area contributed by atoms with Crippen LogP contribution in [0, 0.1) is 0 Å². The number of hydrogen-bond acceptors (Lipinski definition) is 6. The summed E-state index contributed by atoms with van der Waals surface area (Å²) < 4.78 is 5.95. The lowest BCUT2D eigenvalue weighted by Gasteiger charge is -2.15. The molecule has 3 rings (SSSR count). The second-order valence-electron chi connectivity index (χ2n) is 5.46. The lowest BCUT2D eigenvalue weighted by atomic mass is 10.2.